The SMILES string of the molecule is C=C(CC[C@@H](C(=O)O)[C@H]1[C@H](O)C[C@@]2(C)C3=CC[C@H]4C(C)(C)[C@@H](OC(=O)c5ccc(O)cc5)CC[C@]4(C)C3=CC[C@]12C)C(C)C. The van der Waals surface area contributed by atoms with Crippen LogP contribution in [0.25, 0.3) is 0 Å². The van der Waals surface area contributed by atoms with Gasteiger partial charge in [0.15, 0.2) is 0 Å². The summed E-state index contributed by atoms with van der Waals surface area (Å²) >= 11 is 0. The first-order chi connectivity index (χ1) is 20.5. The van der Waals surface area contributed by atoms with Gasteiger partial charge in [-0.05, 0) is 103 Å². The average molecular weight is 605 g/mol. The Morgan fingerprint density at radius 1 is 1.05 bits per heavy atom. The number of carbonyl (C=O) groups is 2. The molecule has 5 rings (SSSR count). The third-order valence-electron chi connectivity index (χ3n) is 12.9. The van der Waals surface area contributed by atoms with Gasteiger partial charge in [0.2, 0.25) is 0 Å². The number of ether oxygens (including phenoxy) is 1. The van der Waals surface area contributed by atoms with E-state index in [2.05, 4.69) is 67.2 Å². The molecule has 2 fully saturated rings. The van der Waals surface area contributed by atoms with Crippen molar-refractivity contribution in [3.05, 3.63) is 65.3 Å². The molecule has 6 nitrogen and oxygen atoms in total. The minimum atomic E-state index is -0.822. The van der Waals surface area contributed by atoms with Gasteiger partial charge in [0.25, 0.3) is 0 Å². The van der Waals surface area contributed by atoms with E-state index in [4.69, 9.17) is 4.74 Å². The molecular formula is C38H52O6. The van der Waals surface area contributed by atoms with Crippen LogP contribution < -0.4 is 0 Å². The van der Waals surface area contributed by atoms with E-state index in [0.717, 1.165) is 31.3 Å². The van der Waals surface area contributed by atoms with Crippen molar-refractivity contribution in [3.63, 3.8) is 0 Å². The van der Waals surface area contributed by atoms with Crippen molar-refractivity contribution in [2.24, 2.45) is 45.3 Å². The number of carbonyl (C=O) groups excluding carboxylic acids is 1. The van der Waals surface area contributed by atoms with Crippen LogP contribution in [0.15, 0.2) is 59.7 Å². The standard InChI is InChI=1S/C38H52O6/c1-22(2)23(3)9-14-26(33(41)42)32-29(40)21-38(8)28-15-16-30-35(4,5)31(44-34(43)24-10-12-25(39)13-11-24)18-19-36(30,6)27(28)17-20-37(32,38)7/h10-13,15,17,22,26,29-32,39-40H,3,9,14,16,18-21H2,1-2,4-8H3,(H,41,42)/t26-,29-,30+,31+,32+,36-,37-,38+/m1/s1. The molecule has 0 radical (unpaired) electrons. The third kappa shape index (κ3) is 4.96. The van der Waals surface area contributed by atoms with Crippen molar-refractivity contribution in [1.82, 2.24) is 0 Å². The van der Waals surface area contributed by atoms with Crippen LogP contribution in [-0.2, 0) is 9.53 Å². The lowest BCUT2D eigenvalue weighted by Crippen LogP contribution is -2.55. The van der Waals surface area contributed by atoms with E-state index in [-0.39, 0.29) is 51.3 Å². The van der Waals surface area contributed by atoms with Gasteiger partial charge in [0.05, 0.1) is 17.6 Å². The van der Waals surface area contributed by atoms with E-state index < -0.39 is 18.0 Å². The molecular weight excluding hydrogens is 552 g/mol. The fourth-order valence-electron chi connectivity index (χ4n) is 9.90. The minimum Gasteiger partial charge on any atom is -0.508 e. The Bertz CT molecular complexity index is 1380. The Morgan fingerprint density at radius 3 is 2.32 bits per heavy atom. The zero-order valence-corrected chi connectivity index (χ0v) is 27.7. The predicted octanol–water partition coefficient (Wildman–Crippen LogP) is 8.11. The fourth-order valence-corrected chi connectivity index (χ4v) is 9.90. The van der Waals surface area contributed by atoms with Gasteiger partial charge in [-0.1, -0.05) is 72.8 Å². The van der Waals surface area contributed by atoms with Crippen molar-refractivity contribution in [1.29, 1.82) is 0 Å². The number of aliphatic hydroxyl groups excluding tert-OH is 1. The molecule has 44 heavy (non-hydrogen) atoms. The summed E-state index contributed by atoms with van der Waals surface area (Å²) in [4.78, 5) is 25.8. The lowest BCUT2D eigenvalue weighted by molar-refractivity contribution is -0.148. The maximum Gasteiger partial charge on any atom is 0.338 e. The van der Waals surface area contributed by atoms with Gasteiger partial charge in [-0.3, -0.25) is 4.79 Å². The molecule has 0 aliphatic heterocycles. The van der Waals surface area contributed by atoms with Crippen LogP contribution in [0, 0.1) is 45.3 Å². The largest absolute Gasteiger partial charge is 0.508 e. The Morgan fingerprint density at radius 2 is 1.70 bits per heavy atom. The highest BCUT2D eigenvalue weighted by Crippen LogP contribution is 2.72. The highest BCUT2D eigenvalue weighted by molar-refractivity contribution is 5.89. The molecule has 0 spiro atoms. The van der Waals surface area contributed by atoms with Crippen LogP contribution >= 0.6 is 0 Å². The molecule has 0 saturated heterocycles. The first-order valence-electron chi connectivity index (χ1n) is 16.5. The van der Waals surface area contributed by atoms with Gasteiger partial charge in [0, 0.05) is 16.7 Å². The average Bonchev–Trinajstić information content (AvgIpc) is 3.15. The molecule has 4 aliphatic rings. The van der Waals surface area contributed by atoms with Gasteiger partial charge in [-0.25, -0.2) is 4.79 Å². The lowest BCUT2D eigenvalue weighted by Gasteiger charge is -2.61. The van der Waals surface area contributed by atoms with Crippen molar-refractivity contribution in [2.45, 2.75) is 106 Å². The van der Waals surface area contributed by atoms with Crippen molar-refractivity contribution >= 4 is 11.9 Å². The molecule has 2 saturated carbocycles. The van der Waals surface area contributed by atoms with Crippen LogP contribution in [0.4, 0.5) is 0 Å². The fraction of sp³-hybridized carbons (Fsp3) is 0.632. The summed E-state index contributed by atoms with van der Waals surface area (Å²) in [6.45, 7) is 19.6. The summed E-state index contributed by atoms with van der Waals surface area (Å²) < 4.78 is 6.14. The molecule has 6 heteroatoms. The van der Waals surface area contributed by atoms with E-state index in [1.807, 2.05) is 0 Å². The lowest BCUT2D eigenvalue weighted by atomic mass is 9.44. The van der Waals surface area contributed by atoms with Crippen LogP contribution in [-0.4, -0.2) is 39.5 Å². The highest BCUT2D eigenvalue weighted by atomic mass is 16.5. The highest BCUT2D eigenvalue weighted by Gasteiger charge is 2.66. The zero-order chi connectivity index (χ0) is 32.4. The van der Waals surface area contributed by atoms with Crippen LogP contribution in [0.1, 0.15) is 104 Å². The summed E-state index contributed by atoms with van der Waals surface area (Å²) in [6.07, 6.45) is 8.71. The molecule has 0 aromatic heterocycles. The molecule has 0 amide bonds. The molecule has 0 unspecified atom stereocenters. The van der Waals surface area contributed by atoms with Gasteiger partial charge in [0.1, 0.15) is 11.9 Å². The number of hydrogen-bond acceptors (Lipinski definition) is 5. The minimum absolute atomic E-state index is 0.113. The predicted molar refractivity (Wildman–Crippen MR) is 172 cm³/mol. The van der Waals surface area contributed by atoms with Gasteiger partial charge < -0.3 is 20.1 Å². The van der Waals surface area contributed by atoms with E-state index >= 15 is 0 Å². The number of allylic oxidation sites excluding steroid dienone is 5. The van der Waals surface area contributed by atoms with Crippen molar-refractivity contribution in [3.8, 4) is 5.75 Å². The first kappa shape index (κ1) is 32.5. The first-order valence-corrected chi connectivity index (χ1v) is 16.5. The second-order valence-electron chi connectivity index (χ2n) is 15.8. The molecule has 8 atom stereocenters. The van der Waals surface area contributed by atoms with Gasteiger partial charge in [-0.15, -0.1) is 0 Å². The van der Waals surface area contributed by atoms with Crippen LogP contribution in [0.2, 0.25) is 0 Å². The maximum absolute atomic E-state index is 13.1. The summed E-state index contributed by atoms with van der Waals surface area (Å²) in [5, 5.41) is 31.7. The molecule has 0 bridgehead atoms. The monoisotopic (exact) mass is 604 g/mol. The molecule has 0 heterocycles. The van der Waals surface area contributed by atoms with Crippen LogP contribution in [0.3, 0.4) is 0 Å². The summed E-state index contributed by atoms with van der Waals surface area (Å²) in [5.74, 6) is -1.50. The summed E-state index contributed by atoms with van der Waals surface area (Å²) in [6, 6.07) is 6.19. The molecule has 4 aliphatic carbocycles. The van der Waals surface area contributed by atoms with Crippen LogP contribution in [0.5, 0.6) is 5.75 Å². The van der Waals surface area contributed by atoms with Gasteiger partial charge >= 0.3 is 11.9 Å². The molecule has 240 valence electrons. The molecule has 3 N–H and O–H groups in total. The Balaban J connectivity index is 1.43. The third-order valence-corrected chi connectivity index (χ3v) is 12.9. The van der Waals surface area contributed by atoms with E-state index in [1.165, 1.54) is 23.3 Å². The number of esters is 1. The number of carboxylic acid groups (broad SMARTS) is 1. The number of aliphatic hydroxyl groups is 1. The number of aliphatic carboxylic acids is 1. The normalized spacial score (nSPS) is 36.3. The molecule has 1 aromatic rings. The number of phenols is 1. The van der Waals surface area contributed by atoms with Gasteiger partial charge in [-0.2, -0.15) is 0 Å². The van der Waals surface area contributed by atoms with Crippen molar-refractivity contribution < 1.29 is 29.6 Å². The van der Waals surface area contributed by atoms with Crippen molar-refractivity contribution in [2.75, 3.05) is 0 Å². The summed E-state index contributed by atoms with van der Waals surface area (Å²) in [7, 11) is 0. The Labute approximate surface area is 263 Å². The second kappa shape index (κ2) is 11.2. The quantitative estimate of drug-likeness (QED) is 0.205. The Hall–Kier alpha value is -2.86. The van der Waals surface area contributed by atoms with E-state index in [9.17, 15) is 24.9 Å². The number of carboxylic acids is 1. The number of fused-ring (bicyclic) bond motifs is 5. The summed E-state index contributed by atoms with van der Waals surface area (Å²) in [5.41, 5.74) is 2.99. The number of phenolic OH excluding ortho intramolecular Hbond substituents is 1. The maximum atomic E-state index is 13.1. The van der Waals surface area contributed by atoms with E-state index in [1.54, 1.807) is 12.1 Å². The smallest absolute Gasteiger partial charge is 0.338 e. The number of hydrogen-bond donors (Lipinski definition) is 3. The Kier molecular flexibility index (Phi) is 8.27. The number of aromatic hydroxyl groups is 1. The number of benzene rings is 1. The van der Waals surface area contributed by atoms with E-state index in [0.29, 0.717) is 30.7 Å². The topological polar surface area (TPSA) is 104 Å². The second-order valence-corrected chi connectivity index (χ2v) is 15.8. The number of rotatable bonds is 8. The molecule has 1 aromatic carbocycles. The zero-order valence-electron chi connectivity index (χ0n) is 27.7.